The summed E-state index contributed by atoms with van der Waals surface area (Å²) >= 11 is 1.12. The fourth-order valence-corrected chi connectivity index (χ4v) is 4.75. The number of aromatic nitrogens is 1. The van der Waals surface area contributed by atoms with Gasteiger partial charge in [0.2, 0.25) is 0 Å². The Balaban J connectivity index is 1.86. The summed E-state index contributed by atoms with van der Waals surface area (Å²) in [5.74, 6) is 0. The van der Waals surface area contributed by atoms with Gasteiger partial charge in [0.1, 0.15) is 0 Å². The van der Waals surface area contributed by atoms with Crippen molar-refractivity contribution in [3.8, 4) is 11.3 Å². The van der Waals surface area contributed by atoms with Crippen LogP contribution >= 0.6 is 11.3 Å². The van der Waals surface area contributed by atoms with E-state index >= 15 is 0 Å². The van der Waals surface area contributed by atoms with Gasteiger partial charge in [0.25, 0.3) is 15.7 Å². The number of nitro benzene ring substituents is 1. The average Bonchev–Trinajstić information content (AvgIpc) is 3.09. The van der Waals surface area contributed by atoms with Crippen molar-refractivity contribution in [2.75, 3.05) is 4.72 Å². The molecule has 7 nitrogen and oxygen atoms in total. The number of nitrogens with one attached hydrogen (secondary N) is 1. The van der Waals surface area contributed by atoms with Gasteiger partial charge in [0.15, 0.2) is 10.0 Å². The van der Waals surface area contributed by atoms with Gasteiger partial charge >= 0.3 is 0 Å². The molecule has 0 radical (unpaired) electrons. The molecule has 0 unspecified atom stereocenters. The lowest BCUT2D eigenvalue weighted by Crippen LogP contribution is -2.14. The number of nitrogens with zero attached hydrogens (tertiary/aromatic N) is 2. The van der Waals surface area contributed by atoms with Crippen LogP contribution in [-0.4, -0.2) is 18.3 Å². The fourth-order valence-electron chi connectivity index (χ4n) is 2.60. The largest absolute Gasteiger partial charge is 0.289 e. The highest BCUT2D eigenvalue weighted by Gasteiger charge is 2.26. The number of sulfonamides is 1. The van der Waals surface area contributed by atoms with Crippen molar-refractivity contribution < 1.29 is 13.3 Å². The van der Waals surface area contributed by atoms with Crippen molar-refractivity contribution in [2.24, 2.45) is 0 Å². The molecule has 1 aromatic heterocycles. The van der Waals surface area contributed by atoms with E-state index in [1.807, 2.05) is 24.3 Å². The van der Waals surface area contributed by atoms with Gasteiger partial charge in [-0.2, -0.15) is 0 Å². The number of nitro groups is 1. The minimum absolute atomic E-state index is 0.0335. The van der Waals surface area contributed by atoms with Crippen molar-refractivity contribution in [3.05, 3.63) is 69.6 Å². The number of rotatable bonds is 5. The predicted molar refractivity (Wildman–Crippen MR) is 110 cm³/mol. The van der Waals surface area contributed by atoms with Crippen LogP contribution in [-0.2, 0) is 15.4 Å². The highest BCUT2D eigenvalue weighted by atomic mass is 32.2. The number of thiazole rings is 1. The molecule has 146 valence electrons. The molecular weight excluding hydrogens is 398 g/mol. The monoisotopic (exact) mass is 417 g/mol. The summed E-state index contributed by atoms with van der Waals surface area (Å²) in [6.45, 7) is 6.38. The second kappa shape index (κ2) is 7.33. The molecule has 0 saturated carbocycles. The molecule has 0 atom stereocenters. The van der Waals surface area contributed by atoms with Crippen molar-refractivity contribution in [2.45, 2.75) is 31.1 Å². The second-order valence-electron chi connectivity index (χ2n) is 7.20. The Hall–Kier alpha value is -2.78. The van der Waals surface area contributed by atoms with Gasteiger partial charge in [-0.1, -0.05) is 57.2 Å². The Morgan fingerprint density at radius 3 is 2.32 bits per heavy atom. The smallest absolute Gasteiger partial charge is 0.258 e. The molecule has 0 aliphatic heterocycles. The van der Waals surface area contributed by atoms with Crippen LogP contribution in [0.4, 0.5) is 10.8 Å². The summed E-state index contributed by atoms with van der Waals surface area (Å²) in [6.07, 6.45) is 0. The lowest BCUT2D eigenvalue weighted by Gasteiger charge is -2.18. The molecular formula is C19H19N3O4S2. The molecule has 28 heavy (non-hydrogen) atoms. The molecule has 1 N–H and O–H groups in total. The van der Waals surface area contributed by atoms with E-state index in [9.17, 15) is 18.5 Å². The first-order chi connectivity index (χ1) is 13.1. The lowest BCUT2D eigenvalue weighted by molar-refractivity contribution is -0.387. The summed E-state index contributed by atoms with van der Waals surface area (Å²) in [5, 5.41) is 13.0. The first kappa shape index (κ1) is 20.0. The fraction of sp³-hybridized carbons (Fsp3) is 0.211. The summed E-state index contributed by atoms with van der Waals surface area (Å²) in [7, 11) is -4.13. The first-order valence-corrected chi connectivity index (χ1v) is 10.8. The number of para-hydroxylation sites is 1. The topological polar surface area (TPSA) is 102 Å². The Labute approximate surface area is 167 Å². The molecule has 3 rings (SSSR count). The van der Waals surface area contributed by atoms with Crippen LogP contribution in [0.5, 0.6) is 0 Å². The van der Waals surface area contributed by atoms with E-state index in [-0.39, 0.29) is 10.5 Å². The van der Waals surface area contributed by atoms with Gasteiger partial charge in [-0.15, -0.1) is 11.3 Å². The minimum atomic E-state index is -4.13. The van der Waals surface area contributed by atoms with Crippen LogP contribution in [0, 0.1) is 10.1 Å². The number of anilines is 1. The zero-order valence-corrected chi connectivity index (χ0v) is 17.2. The Bertz CT molecular complexity index is 1110. The van der Waals surface area contributed by atoms with Gasteiger partial charge in [-0.3, -0.25) is 14.8 Å². The summed E-state index contributed by atoms with van der Waals surface area (Å²) in [5.41, 5.74) is 2.23. The Morgan fingerprint density at radius 1 is 1.07 bits per heavy atom. The van der Waals surface area contributed by atoms with E-state index in [1.165, 1.54) is 23.8 Å². The van der Waals surface area contributed by atoms with Gasteiger partial charge in [-0.25, -0.2) is 13.4 Å². The highest BCUT2D eigenvalue weighted by molar-refractivity contribution is 7.93. The van der Waals surface area contributed by atoms with E-state index in [4.69, 9.17) is 0 Å². The highest BCUT2D eigenvalue weighted by Crippen LogP contribution is 2.30. The van der Waals surface area contributed by atoms with Crippen LogP contribution < -0.4 is 4.72 Å². The van der Waals surface area contributed by atoms with Gasteiger partial charge < -0.3 is 0 Å². The zero-order chi connectivity index (χ0) is 20.5. The van der Waals surface area contributed by atoms with Crippen molar-refractivity contribution >= 4 is 32.2 Å². The zero-order valence-electron chi connectivity index (χ0n) is 15.5. The quantitative estimate of drug-likeness (QED) is 0.474. The normalized spacial score (nSPS) is 12.0. The standard InChI is InChI=1S/C19H19N3O4S2/c1-19(2,3)14-10-8-13(9-11-14)15-12-27-18(20-15)21-28(25,26)17-7-5-4-6-16(17)22(23)24/h4-12H,1-3H3,(H,20,21). The summed E-state index contributed by atoms with van der Waals surface area (Å²) in [6, 6.07) is 13.1. The number of hydrogen-bond donors (Lipinski definition) is 1. The van der Waals surface area contributed by atoms with Crippen LogP contribution in [0.1, 0.15) is 26.3 Å². The molecule has 0 bridgehead atoms. The third-order valence-electron chi connectivity index (χ3n) is 4.12. The maximum atomic E-state index is 12.6. The number of hydrogen-bond acceptors (Lipinski definition) is 6. The van der Waals surface area contributed by atoms with Crippen molar-refractivity contribution in [1.82, 2.24) is 4.98 Å². The Kier molecular flexibility index (Phi) is 5.22. The molecule has 0 amide bonds. The van der Waals surface area contributed by atoms with Crippen LogP contribution in [0.2, 0.25) is 0 Å². The van der Waals surface area contributed by atoms with Crippen LogP contribution in [0.25, 0.3) is 11.3 Å². The summed E-state index contributed by atoms with van der Waals surface area (Å²) in [4.78, 5) is 14.3. The van der Waals surface area contributed by atoms with E-state index in [1.54, 1.807) is 5.38 Å². The van der Waals surface area contributed by atoms with E-state index in [0.29, 0.717) is 5.69 Å². The van der Waals surface area contributed by atoms with Gasteiger partial charge in [0, 0.05) is 17.0 Å². The Morgan fingerprint density at radius 2 is 1.71 bits per heavy atom. The number of benzene rings is 2. The minimum Gasteiger partial charge on any atom is -0.258 e. The van der Waals surface area contributed by atoms with Crippen molar-refractivity contribution in [1.29, 1.82) is 0 Å². The molecule has 2 aromatic carbocycles. The van der Waals surface area contributed by atoms with E-state index < -0.39 is 25.5 Å². The molecule has 0 spiro atoms. The molecule has 1 heterocycles. The maximum absolute atomic E-state index is 12.6. The van der Waals surface area contributed by atoms with Gasteiger partial charge in [0.05, 0.1) is 10.6 Å². The van der Waals surface area contributed by atoms with Crippen LogP contribution in [0.3, 0.4) is 0 Å². The average molecular weight is 418 g/mol. The third kappa shape index (κ3) is 4.20. The molecule has 0 saturated heterocycles. The molecule has 0 fully saturated rings. The van der Waals surface area contributed by atoms with E-state index in [2.05, 4.69) is 30.5 Å². The third-order valence-corrected chi connectivity index (χ3v) is 6.40. The molecule has 3 aromatic rings. The van der Waals surface area contributed by atoms with E-state index in [0.717, 1.165) is 23.0 Å². The predicted octanol–water partition coefficient (Wildman–Crippen LogP) is 4.82. The second-order valence-corrected chi connectivity index (χ2v) is 9.70. The summed E-state index contributed by atoms with van der Waals surface area (Å²) < 4.78 is 27.5. The molecule has 0 aliphatic rings. The molecule has 9 heteroatoms. The maximum Gasteiger partial charge on any atom is 0.289 e. The SMILES string of the molecule is CC(C)(C)c1ccc(-c2csc(NS(=O)(=O)c3ccccc3[N+](=O)[O-])n2)cc1. The van der Waals surface area contributed by atoms with Gasteiger partial charge in [-0.05, 0) is 17.0 Å². The lowest BCUT2D eigenvalue weighted by atomic mass is 9.86. The first-order valence-electron chi connectivity index (χ1n) is 8.40. The van der Waals surface area contributed by atoms with Crippen LogP contribution in [0.15, 0.2) is 58.8 Å². The van der Waals surface area contributed by atoms with Crippen molar-refractivity contribution in [3.63, 3.8) is 0 Å². The molecule has 0 aliphatic carbocycles.